The SMILES string of the molecule is Cc1cc2c(O)c(c1)Cc1cc(S(=O)(=O)O)cc(c1O)Cc1cc(S(=O)(=O)O)cc(c1OCC(=O)NC=S)Cc1cc(S(=O)(=O)O)cc(c1O)C2. The van der Waals surface area contributed by atoms with Crippen molar-refractivity contribution < 1.29 is 63.8 Å². The predicted octanol–water partition coefficient (Wildman–Crippen LogP) is 2.98. The van der Waals surface area contributed by atoms with E-state index in [1.54, 1.807) is 6.92 Å². The van der Waals surface area contributed by atoms with Gasteiger partial charge in [-0.3, -0.25) is 18.5 Å². The molecular formula is C32H29NO14S4. The summed E-state index contributed by atoms with van der Waals surface area (Å²) in [4.78, 5) is 10.3. The number of fused-ring (bicyclic) bond motifs is 8. The minimum absolute atomic E-state index is 0.105. The monoisotopic (exact) mass is 779 g/mol. The van der Waals surface area contributed by atoms with Crippen molar-refractivity contribution in [2.75, 3.05) is 6.61 Å². The third kappa shape index (κ3) is 8.30. The Hall–Kier alpha value is -4.63. The lowest BCUT2D eigenvalue weighted by molar-refractivity contribution is -0.121. The highest BCUT2D eigenvalue weighted by Crippen LogP contribution is 2.40. The van der Waals surface area contributed by atoms with Crippen LogP contribution in [0.4, 0.5) is 0 Å². The number of hydrogen-bond donors (Lipinski definition) is 7. The number of ether oxygens (including phenoxy) is 1. The third-order valence-electron chi connectivity index (χ3n) is 8.10. The Balaban J connectivity index is 1.91. The lowest BCUT2D eigenvalue weighted by atomic mass is 9.90. The molecule has 7 N–H and O–H groups in total. The first-order chi connectivity index (χ1) is 23.6. The van der Waals surface area contributed by atoms with Gasteiger partial charge in [0, 0.05) is 59.1 Å². The summed E-state index contributed by atoms with van der Waals surface area (Å²) in [6, 6.07) is 8.67. The van der Waals surface area contributed by atoms with Crippen molar-refractivity contribution in [3.8, 4) is 23.0 Å². The van der Waals surface area contributed by atoms with Crippen LogP contribution in [0.1, 0.15) is 50.1 Å². The zero-order chi connectivity index (χ0) is 37.6. The normalized spacial score (nSPS) is 13.3. The van der Waals surface area contributed by atoms with Gasteiger partial charge in [0.05, 0.1) is 20.2 Å². The average Bonchev–Trinajstić information content (AvgIpc) is 3.00. The highest BCUT2D eigenvalue weighted by molar-refractivity contribution is 7.86. The fourth-order valence-electron chi connectivity index (χ4n) is 5.88. The Morgan fingerprint density at radius 2 is 0.922 bits per heavy atom. The van der Waals surface area contributed by atoms with Crippen LogP contribution >= 0.6 is 12.2 Å². The average molecular weight is 780 g/mol. The second-order valence-electron chi connectivity index (χ2n) is 11.8. The van der Waals surface area contributed by atoms with E-state index in [2.05, 4.69) is 17.5 Å². The fraction of sp³-hybridized carbons (Fsp3) is 0.188. The Labute approximate surface area is 297 Å². The number of aryl methyl sites for hydroxylation is 1. The first-order valence-electron chi connectivity index (χ1n) is 14.6. The Morgan fingerprint density at radius 1 is 0.627 bits per heavy atom. The molecule has 0 spiro atoms. The van der Waals surface area contributed by atoms with Gasteiger partial charge in [-0.2, -0.15) is 25.3 Å². The van der Waals surface area contributed by atoms with Crippen molar-refractivity contribution in [3.05, 3.63) is 98.6 Å². The van der Waals surface area contributed by atoms with Crippen LogP contribution in [-0.2, 0) is 60.8 Å². The molecule has 1 amide bonds. The van der Waals surface area contributed by atoms with Crippen LogP contribution in [0.25, 0.3) is 0 Å². The first kappa shape index (κ1) is 37.6. The maximum atomic E-state index is 12.5. The van der Waals surface area contributed by atoms with Crippen LogP contribution in [0.15, 0.2) is 63.2 Å². The van der Waals surface area contributed by atoms with Gasteiger partial charge >= 0.3 is 0 Å². The van der Waals surface area contributed by atoms with E-state index in [0.29, 0.717) is 5.56 Å². The molecule has 0 atom stereocenters. The van der Waals surface area contributed by atoms with Crippen LogP contribution in [0.3, 0.4) is 0 Å². The zero-order valence-corrected chi connectivity index (χ0v) is 29.6. The molecule has 51 heavy (non-hydrogen) atoms. The predicted molar refractivity (Wildman–Crippen MR) is 183 cm³/mol. The zero-order valence-electron chi connectivity index (χ0n) is 26.3. The number of aromatic hydroxyl groups is 3. The van der Waals surface area contributed by atoms with Gasteiger partial charge in [-0.1, -0.05) is 29.9 Å². The largest absolute Gasteiger partial charge is 0.507 e. The second-order valence-corrected chi connectivity index (χ2v) is 16.3. The number of carbonyl (C=O) groups excluding carboxylic acids is 1. The van der Waals surface area contributed by atoms with Crippen molar-refractivity contribution in [2.24, 2.45) is 0 Å². The Kier molecular flexibility index (Phi) is 10.2. The number of phenols is 3. The summed E-state index contributed by atoms with van der Waals surface area (Å²) in [5, 5.41) is 36.5. The molecule has 0 aromatic heterocycles. The molecule has 0 unspecified atom stereocenters. The maximum absolute atomic E-state index is 12.5. The fourth-order valence-corrected chi connectivity index (χ4v) is 7.76. The van der Waals surface area contributed by atoms with Crippen molar-refractivity contribution in [1.29, 1.82) is 0 Å². The van der Waals surface area contributed by atoms with Gasteiger partial charge in [0.15, 0.2) is 6.61 Å². The Morgan fingerprint density at radius 3 is 1.24 bits per heavy atom. The van der Waals surface area contributed by atoms with Crippen molar-refractivity contribution in [1.82, 2.24) is 5.32 Å². The van der Waals surface area contributed by atoms with E-state index >= 15 is 0 Å². The number of carbonyl (C=O) groups is 1. The molecule has 0 heterocycles. The van der Waals surface area contributed by atoms with E-state index < -0.39 is 81.9 Å². The highest BCUT2D eigenvalue weighted by Gasteiger charge is 2.26. The summed E-state index contributed by atoms with van der Waals surface area (Å²) in [6.07, 6.45) is -1.78. The molecule has 19 heteroatoms. The quantitative estimate of drug-likeness (QED) is 0.0925. The summed E-state index contributed by atoms with van der Waals surface area (Å²) in [6.45, 7) is 0.925. The summed E-state index contributed by atoms with van der Waals surface area (Å²) in [7, 11) is -14.8. The molecule has 0 radical (unpaired) electrons. The highest BCUT2D eigenvalue weighted by atomic mass is 32.2. The topological polar surface area (TPSA) is 262 Å². The lowest BCUT2D eigenvalue weighted by Crippen LogP contribution is -2.27. The molecule has 0 fully saturated rings. The summed E-state index contributed by atoms with van der Waals surface area (Å²) < 4.78 is 110. The molecule has 0 saturated carbocycles. The molecule has 15 nitrogen and oxygen atoms in total. The smallest absolute Gasteiger partial charge is 0.294 e. The molecule has 1 aliphatic rings. The minimum atomic E-state index is -5.01. The van der Waals surface area contributed by atoms with Crippen molar-refractivity contribution in [3.63, 3.8) is 0 Å². The summed E-state index contributed by atoms with van der Waals surface area (Å²) in [5.74, 6) is -2.40. The maximum Gasteiger partial charge on any atom is 0.294 e. The van der Waals surface area contributed by atoms with Crippen LogP contribution in [0.2, 0.25) is 0 Å². The van der Waals surface area contributed by atoms with Crippen LogP contribution < -0.4 is 10.1 Å². The van der Waals surface area contributed by atoms with E-state index in [1.165, 1.54) is 12.1 Å². The molecule has 4 aromatic rings. The standard InChI is InChI=1S/C32H29NO14S4/c1-16-2-17-4-19-8-25(49(38,39)40)10-21(30(19)36)6-23-12-27(51(44,45)46)13-24(32(23)47-14-28(34)33-15-48)7-22-11-26(50(41,42)43)9-20(31(22)37)5-18(3-16)29(17)35/h2-3,8-13,15,35-37H,4-7,14H2,1H3,(H,33,34,48)(H,38,39,40)(H,41,42,43)(H,44,45,46). The van der Waals surface area contributed by atoms with Gasteiger partial charge in [-0.05, 0) is 54.4 Å². The van der Waals surface area contributed by atoms with Gasteiger partial charge in [0.1, 0.15) is 23.0 Å². The molecule has 4 aromatic carbocycles. The van der Waals surface area contributed by atoms with Crippen molar-refractivity contribution in [2.45, 2.75) is 47.3 Å². The third-order valence-corrected chi connectivity index (χ3v) is 10.7. The van der Waals surface area contributed by atoms with E-state index in [4.69, 9.17) is 4.74 Å². The summed E-state index contributed by atoms with van der Waals surface area (Å²) in [5.41, 5.74) is 0.829. The van der Waals surface area contributed by atoms with E-state index in [9.17, 15) is 59.0 Å². The first-order valence-corrected chi connectivity index (χ1v) is 19.4. The molecule has 270 valence electrons. The molecule has 8 bridgehead atoms. The number of benzene rings is 4. The minimum Gasteiger partial charge on any atom is -0.507 e. The van der Waals surface area contributed by atoms with Crippen LogP contribution in [-0.4, -0.2) is 72.2 Å². The van der Waals surface area contributed by atoms with Crippen molar-refractivity contribution >= 4 is 54.0 Å². The number of rotatable bonds is 7. The number of hydrogen-bond acceptors (Lipinski definition) is 12. The molecule has 0 saturated heterocycles. The van der Waals surface area contributed by atoms with E-state index in [1.807, 2.05) is 0 Å². The number of phenolic OH excluding ortho intramolecular Hbond substituents is 3. The van der Waals surface area contributed by atoms with Gasteiger partial charge in [-0.25, -0.2) is 0 Å². The van der Waals surface area contributed by atoms with E-state index in [0.717, 1.165) is 41.9 Å². The molecule has 5 rings (SSSR count). The molecule has 1 aliphatic carbocycles. The lowest BCUT2D eigenvalue weighted by Gasteiger charge is -2.21. The second kappa shape index (κ2) is 13.8. The van der Waals surface area contributed by atoms with Crippen LogP contribution in [0, 0.1) is 6.92 Å². The number of thiocarbonyl (C=S) groups is 1. The van der Waals surface area contributed by atoms with E-state index in [-0.39, 0.29) is 68.8 Å². The van der Waals surface area contributed by atoms with Gasteiger partial charge in [-0.15, -0.1) is 0 Å². The van der Waals surface area contributed by atoms with Gasteiger partial charge in [0.2, 0.25) is 0 Å². The Bertz CT molecular complexity index is 2320. The number of amides is 1. The molecule has 0 aliphatic heterocycles. The van der Waals surface area contributed by atoms with Crippen LogP contribution in [0.5, 0.6) is 23.0 Å². The number of nitrogens with one attached hydrogen (secondary N) is 1. The van der Waals surface area contributed by atoms with Gasteiger partial charge < -0.3 is 25.4 Å². The molecular weight excluding hydrogens is 751 g/mol. The summed E-state index contributed by atoms with van der Waals surface area (Å²) >= 11 is 4.63. The van der Waals surface area contributed by atoms with Gasteiger partial charge in [0.25, 0.3) is 36.3 Å².